The highest BCUT2D eigenvalue weighted by atomic mass is 15.2. The van der Waals surface area contributed by atoms with Gasteiger partial charge in [0.2, 0.25) is 0 Å². The van der Waals surface area contributed by atoms with Crippen molar-refractivity contribution >= 4 is 5.69 Å². The number of nitrogens with zero attached hydrogens (tertiary/aromatic N) is 1. The quantitative estimate of drug-likeness (QED) is 0.796. The highest BCUT2D eigenvalue weighted by Gasteiger charge is 2.13. The Balaban J connectivity index is 2.82. The molecule has 2 nitrogen and oxygen atoms in total. The van der Waals surface area contributed by atoms with Crippen LogP contribution in [-0.4, -0.2) is 26.7 Å². The molecule has 1 rings (SSSR count). The van der Waals surface area contributed by atoms with Gasteiger partial charge >= 0.3 is 0 Å². The Morgan fingerprint density at radius 2 is 2.00 bits per heavy atom. The van der Waals surface area contributed by atoms with Crippen molar-refractivity contribution in [3.63, 3.8) is 0 Å². The summed E-state index contributed by atoms with van der Waals surface area (Å²) in [5.41, 5.74) is 2.68. The first-order chi connectivity index (χ1) is 7.20. The van der Waals surface area contributed by atoms with Gasteiger partial charge in [0.05, 0.1) is 0 Å². The van der Waals surface area contributed by atoms with Gasteiger partial charge in [-0.3, -0.25) is 0 Å². The van der Waals surface area contributed by atoms with Crippen molar-refractivity contribution < 1.29 is 0 Å². The van der Waals surface area contributed by atoms with Crippen molar-refractivity contribution in [2.75, 3.05) is 25.5 Å². The number of hydrogen-bond donors (Lipinski definition) is 1. The number of benzene rings is 1. The number of hydrogen-bond acceptors (Lipinski definition) is 2. The maximum absolute atomic E-state index is 3.25. The van der Waals surface area contributed by atoms with Gasteiger partial charge in [-0.05, 0) is 32.0 Å². The van der Waals surface area contributed by atoms with Gasteiger partial charge < -0.3 is 10.2 Å². The Morgan fingerprint density at radius 1 is 1.33 bits per heavy atom. The summed E-state index contributed by atoms with van der Waals surface area (Å²) in [5, 5.41) is 3.25. The highest BCUT2D eigenvalue weighted by Crippen LogP contribution is 2.20. The van der Waals surface area contributed by atoms with Crippen LogP contribution in [0.2, 0.25) is 0 Å². The van der Waals surface area contributed by atoms with E-state index in [9.17, 15) is 0 Å². The molecule has 1 N–H and O–H groups in total. The lowest BCUT2D eigenvalue weighted by atomic mass is 10.1. The van der Waals surface area contributed by atoms with Crippen molar-refractivity contribution in [3.05, 3.63) is 29.8 Å². The van der Waals surface area contributed by atoms with E-state index in [1.807, 2.05) is 7.05 Å². The normalized spacial score (nSPS) is 12.5. The van der Waals surface area contributed by atoms with Gasteiger partial charge in [-0.25, -0.2) is 0 Å². The van der Waals surface area contributed by atoms with Crippen LogP contribution in [0.25, 0.3) is 0 Å². The van der Waals surface area contributed by atoms with E-state index in [1.165, 1.54) is 11.3 Å². The zero-order valence-corrected chi connectivity index (χ0v) is 10.2. The van der Waals surface area contributed by atoms with Crippen molar-refractivity contribution in [2.24, 2.45) is 0 Å². The van der Waals surface area contributed by atoms with Crippen LogP contribution in [0.5, 0.6) is 0 Å². The minimum absolute atomic E-state index is 0.566. The van der Waals surface area contributed by atoms with E-state index in [1.54, 1.807) is 0 Å². The Labute approximate surface area is 93.3 Å². The lowest BCUT2D eigenvalue weighted by Gasteiger charge is -2.30. The first-order valence-corrected chi connectivity index (χ1v) is 5.63. The van der Waals surface area contributed by atoms with Crippen LogP contribution in [0.3, 0.4) is 0 Å². The third-order valence-corrected chi connectivity index (χ3v) is 2.95. The number of rotatable bonds is 5. The number of likely N-dealkylation sites (N-methyl/N-ethyl adjacent to an activating group) is 2. The summed E-state index contributed by atoms with van der Waals surface area (Å²) in [6.45, 7) is 5.43. The van der Waals surface area contributed by atoms with Crippen LogP contribution in [-0.2, 0) is 0 Å². The summed E-state index contributed by atoms with van der Waals surface area (Å²) in [5.74, 6) is 0. The minimum atomic E-state index is 0.566. The van der Waals surface area contributed by atoms with Crippen molar-refractivity contribution in [1.29, 1.82) is 0 Å². The lowest BCUT2D eigenvalue weighted by Crippen LogP contribution is -2.38. The molecule has 0 amide bonds. The monoisotopic (exact) mass is 206 g/mol. The lowest BCUT2D eigenvalue weighted by molar-refractivity contribution is 0.571. The largest absolute Gasteiger partial charge is 0.370 e. The summed E-state index contributed by atoms with van der Waals surface area (Å²) in [6, 6.07) is 9.11. The molecule has 0 saturated carbocycles. The van der Waals surface area contributed by atoms with Gasteiger partial charge in [0.25, 0.3) is 0 Å². The molecule has 0 heterocycles. The first kappa shape index (κ1) is 12.1. The molecular weight excluding hydrogens is 184 g/mol. The Hall–Kier alpha value is -1.02. The van der Waals surface area contributed by atoms with Gasteiger partial charge in [0.15, 0.2) is 0 Å². The van der Waals surface area contributed by atoms with Gasteiger partial charge in [-0.1, -0.05) is 25.1 Å². The molecule has 0 fully saturated rings. The molecule has 0 aliphatic carbocycles. The summed E-state index contributed by atoms with van der Waals surface area (Å²) in [4.78, 5) is 2.37. The number of para-hydroxylation sites is 1. The summed E-state index contributed by atoms with van der Waals surface area (Å²) < 4.78 is 0. The molecule has 0 bridgehead atoms. The molecule has 0 aliphatic heterocycles. The Bertz CT molecular complexity index is 296. The van der Waals surface area contributed by atoms with E-state index in [0.29, 0.717) is 6.04 Å². The molecule has 1 atom stereocenters. The van der Waals surface area contributed by atoms with Crippen molar-refractivity contribution in [2.45, 2.75) is 26.3 Å². The van der Waals surface area contributed by atoms with E-state index in [2.05, 4.69) is 55.4 Å². The molecule has 84 valence electrons. The van der Waals surface area contributed by atoms with Crippen molar-refractivity contribution in [3.8, 4) is 0 Å². The van der Waals surface area contributed by atoms with E-state index in [4.69, 9.17) is 0 Å². The number of nitrogens with one attached hydrogen (secondary N) is 1. The third kappa shape index (κ3) is 2.96. The van der Waals surface area contributed by atoms with Crippen LogP contribution in [0, 0.1) is 6.92 Å². The Kier molecular flexibility index (Phi) is 4.63. The molecule has 0 spiro atoms. The molecular formula is C13H22N2. The first-order valence-electron chi connectivity index (χ1n) is 5.63. The maximum atomic E-state index is 3.25. The minimum Gasteiger partial charge on any atom is -0.370 e. The maximum Gasteiger partial charge on any atom is 0.0408 e. The average molecular weight is 206 g/mol. The topological polar surface area (TPSA) is 15.3 Å². The third-order valence-electron chi connectivity index (χ3n) is 2.95. The second-order valence-corrected chi connectivity index (χ2v) is 4.02. The smallest absolute Gasteiger partial charge is 0.0408 e. The fraction of sp³-hybridized carbons (Fsp3) is 0.538. The summed E-state index contributed by atoms with van der Waals surface area (Å²) in [7, 11) is 4.18. The summed E-state index contributed by atoms with van der Waals surface area (Å²) in [6.07, 6.45) is 1.16. The van der Waals surface area contributed by atoms with Gasteiger partial charge in [0, 0.05) is 25.3 Å². The fourth-order valence-corrected chi connectivity index (χ4v) is 1.95. The molecule has 15 heavy (non-hydrogen) atoms. The second-order valence-electron chi connectivity index (χ2n) is 4.02. The van der Waals surface area contributed by atoms with E-state index in [0.717, 1.165) is 13.0 Å². The highest BCUT2D eigenvalue weighted by molar-refractivity contribution is 5.53. The standard InChI is InChI=1S/C13H22N2/c1-5-12(10-14-3)15(4)13-9-7-6-8-11(13)2/h6-9,12,14H,5,10H2,1-4H3. The molecule has 0 saturated heterocycles. The van der Waals surface area contributed by atoms with Crippen molar-refractivity contribution in [1.82, 2.24) is 5.32 Å². The van der Waals surface area contributed by atoms with E-state index < -0.39 is 0 Å². The molecule has 1 aromatic rings. The molecule has 1 aromatic carbocycles. The van der Waals surface area contributed by atoms with Gasteiger partial charge in [-0.15, -0.1) is 0 Å². The fourth-order valence-electron chi connectivity index (χ4n) is 1.95. The number of aryl methyl sites for hydroxylation is 1. The SMILES string of the molecule is CCC(CNC)N(C)c1ccccc1C. The second kappa shape index (κ2) is 5.76. The predicted molar refractivity (Wildman–Crippen MR) is 67.6 cm³/mol. The summed E-state index contributed by atoms with van der Waals surface area (Å²) >= 11 is 0. The van der Waals surface area contributed by atoms with Gasteiger partial charge in [0.1, 0.15) is 0 Å². The van der Waals surface area contributed by atoms with E-state index in [-0.39, 0.29) is 0 Å². The van der Waals surface area contributed by atoms with Crippen LogP contribution >= 0.6 is 0 Å². The van der Waals surface area contributed by atoms with Crippen LogP contribution in [0.4, 0.5) is 5.69 Å². The van der Waals surface area contributed by atoms with E-state index >= 15 is 0 Å². The van der Waals surface area contributed by atoms with Crippen LogP contribution < -0.4 is 10.2 Å². The molecule has 1 unspecified atom stereocenters. The molecule has 0 aliphatic rings. The average Bonchev–Trinajstić information content (AvgIpc) is 2.25. The van der Waals surface area contributed by atoms with Crippen LogP contribution in [0.1, 0.15) is 18.9 Å². The number of anilines is 1. The predicted octanol–water partition coefficient (Wildman–Crippen LogP) is 2.43. The van der Waals surface area contributed by atoms with Crippen LogP contribution in [0.15, 0.2) is 24.3 Å². The zero-order chi connectivity index (χ0) is 11.3. The molecule has 0 radical (unpaired) electrons. The van der Waals surface area contributed by atoms with Gasteiger partial charge in [-0.2, -0.15) is 0 Å². The Morgan fingerprint density at radius 3 is 2.53 bits per heavy atom. The zero-order valence-electron chi connectivity index (χ0n) is 10.2. The molecule has 2 heteroatoms. The molecule has 0 aromatic heterocycles.